The fraction of sp³-hybridized carbons (Fsp3) is 0.826. The Hall–Kier alpha value is -1.32. The lowest BCUT2D eigenvalue weighted by Crippen LogP contribution is -2.14. The number of aromatic hydroxyl groups is 1. The van der Waals surface area contributed by atoms with E-state index in [1.165, 1.54) is 83.5 Å². The Kier molecular flexibility index (Phi) is 12.9. The molecule has 0 radical (unpaired) electrons. The largest absolute Gasteiger partial charge is 0.504 e. The highest BCUT2D eigenvalue weighted by Crippen LogP contribution is 2.23. The van der Waals surface area contributed by atoms with Crippen molar-refractivity contribution >= 4 is 5.95 Å². The number of aryl methyl sites for hydroxylation is 2. The van der Waals surface area contributed by atoms with Crippen LogP contribution in [0, 0.1) is 6.92 Å². The van der Waals surface area contributed by atoms with Gasteiger partial charge >= 0.3 is 0 Å². The van der Waals surface area contributed by atoms with Crippen LogP contribution in [-0.2, 0) is 6.42 Å². The molecule has 27 heavy (non-hydrogen) atoms. The van der Waals surface area contributed by atoms with Gasteiger partial charge in [-0.25, -0.2) is 9.97 Å². The fourth-order valence-corrected chi connectivity index (χ4v) is 3.47. The maximum Gasteiger partial charge on any atom is 0.225 e. The van der Waals surface area contributed by atoms with Gasteiger partial charge in [-0.15, -0.1) is 0 Å². The number of aromatic nitrogens is 2. The molecule has 0 spiro atoms. The Morgan fingerprint density at radius 1 is 0.704 bits per heavy atom. The van der Waals surface area contributed by atoms with E-state index in [1.807, 2.05) is 25.9 Å². The summed E-state index contributed by atoms with van der Waals surface area (Å²) in [6.07, 6.45) is 19.9. The summed E-state index contributed by atoms with van der Waals surface area (Å²) in [6.45, 7) is 4.13. The molecule has 0 saturated carbocycles. The molecule has 1 rings (SSSR count). The van der Waals surface area contributed by atoms with Gasteiger partial charge in [0.1, 0.15) is 0 Å². The fourth-order valence-electron chi connectivity index (χ4n) is 3.47. The van der Waals surface area contributed by atoms with Crippen LogP contribution in [-0.4, -0.2) is 29.2 Å². The molecule has 0 saturated heterocycles. The molecule has 156 valence electrons. The van der Waals surface area contributed by atoms with Gasteiger partial charge < -0.3 is 10.0 Å². The van der Waals surface area contributed by atoms with Gasteiger partial charge in [0.15, 0.2) is 5.75 Å². The zero-order valence-electron chi connectivity index (χ0n) is 18.4. The van der Waals surface area contributed by atoms with Crippen molar-refractivity contribution in [3.8, 4) is 5.75 Å². The van der Waals surface area contributed by atoms with Gasteiger partial charge in [0.25, 0.3) is 0 Å². The molecule has 1 aromatic rings. The van der Waals surface area contributed by atoms with Crippen molar-refractivity contribution < 1.29 is 5.11 Å². The zero-order valence-corrected chi connectivity index (χ0v) is 18.4. The summed E-state index contributed by atoms with van der Waals surface area (Å²) in [7, 11) is 3.87. The Bertz CT molecular complexity index is 503. The van der Waals surface area contributed by atoms with Crippen LogP contribution in [0.2, 0.25) is 0 Å². The average Bonchev–Trinajstić information content (AvgIpc) is 2.64. The first-order valence-electron chi connectivity index (χ1n) is 11.3. The highest BCUT2D eigenvalue weighted by Gasteiger charge is 2.11. The molecule has 0 bridgehead atoms. The summed E-state index contributed by atoms with van der Waals surface area (Å²) in [5.74, 6) is 0.959. The van der Waals surface area contributed by atoms with Gasteiger partial charge in [0, 0.05) is 14.1 Å². The smallest absolute Gasteiger partial charge is 0.225 e. The van der Waals surface area contributed by atoms with Crippen LogP contribution in [0.15, 0.2) is 0 Å². The van der Waals surface area contributed by atoms with Crippen LogP contribution in [0.5, 0.6) is 5.75 Å². The van der Waals surface area contributed by atoms with E-state index in [0.29, 0.717) is 11.6 Å². The molecule has 1 aromatic heterocycles. The molecule has 0 amide bonds. The van der Waals surface area contributed by atoms with E-state index >= 15 is 0 Å². The molecule has 0 aliphatic carbocycles. The Balaban J connectivity index is 2.02. The molecule has 0 atom stereocenters. The van der Waals surface area contributed by atoms with Crippen molar-refractivity contribution in [3.05, 3.63) is 11.4 Å². The van der Waals surface area contributed by atoms with Crippen LogP contribution in [0.4, 0.5) is 5.95 Å². The van der Waals surface area contributed by atoms with Crippen LogP contribution in [0.3, 0.4) is 0 Å². The van der Waals surface area contributed by atoms with Gasteiger partial charge in [0.05, 0.1) is 11.4 Å². The Morgan fingerprint density at radius 3 is 1.59 bits per heavy atom. The summed E-state index contributed by atoms with van der Waals surface area (Å²) in [5, 5.41) is 10.2. The lowest BCUT2D eigenvalue weighted by Gasteiger charge is -2.14. The first kappa shape index (κ1) is 23.7. The van der Waals surface area contributed by atoms with E-state index in [4.69, 9.17) is 0 Å². The third kappa shape index (κ3) is 10.6. The number of nitrogens with zero attached hydrogens (tertiary/aromatic N) is 3. The quantitative estimate of drug-likeness (QED) is 0.330. The number of rotatable bonds is 16. The predicted octanol–water partition coefficient (Wildman–Crippen LogP) is 6.58. The second-order valence-electron chi connectivity index (χ2n) is 8.14. The van der Waals surface area contributed by atoms with Gasteiger partial charge in [-0.3, -0.25) is 0 Å². The second-order valence-corrected chi connectivity index (χ2v) is 8.14. The number of hydrogen-bond acceptors (Lipinski definition) is 4. The van der Waals surface area contributed by atoms with Crippen molar-refractivity contribution in [1.29, 1.82) is 0 Å². The van der Waals surface area contributed by atoms with Crippen molar-refractivity contribution in [1.82, 2.24) is 9.97 Å². The van der Waals surface area contributed by atoms with Gasteiger partial charge in [-0.1, -0.05) is 90.4 Å². The molecule has 4 nitrogen and oxygen atoms in total. The van der Waals surface area contributed by atoms with Gasteiger partial charge in [-0.05, 0) is 19.8 Å². The van der Waals surface area contributed by atoms with Crippen molar-refractivity contribution in [2.75, 3.05) is 19.0 Å². The molecule has 0 unspecified atom stereocenters. The third-order valence-corrected chi connectivity index (χ3v) is 5.29. The first-order valence-corrected chi connectivity index (χ1v) is 11.3. The van der Waals surface area contributed by atoms with E-state index in [0.717, 1.165) is 18.5 Å². The Morgan fingerprint density at radius 2 is 1.15 bits per heavy atom. The third-order valence-electron chi connectivity index (χ3n) is 5.29. The van der Waals surface area contributed by atoms with Crippen LogP contribution >= 0.6 is 0 Å². The minimum Gasteiger partial charge on any atom is -0.504 e. The minimum absolute atomic E-state index is 0.273. The van der Waals surface area contributed by atoms with Crippen molar-refractivity contribution in [2.45, 2.75) is 110 Å². The summed E-state index contributed by atoms with van der Waals surface area (Å²) in [4.78, 5) is 10.7. The molecule has 1 N–H and O–H groups in total. The van der Waals surface area contributed by atoms with Gasteiger partial charge in [-0.2, -0.15) is 0 Å². The van der Waals surface area contributed by atoms with E-state index in [9.17, 15) is 5.11 Å². The molecule has 0 aliphatic rings. The van der Waals surface area contributed by atoms with Crippen molar-refractivity contribution in [2.24, 2.45) is 0 Å². The minimum atomic E-state index is 0.273. The van der Waals surface area contributed by atoms with Crippen molar-refractivity contribution in [3.63, 3.8) is 0 Å². The number of unbranched alkanes of at least 4 members (excludes halogenated alkanes) is 13. The summed E-state index contributed by atoms with van der Waals surface area (Å²) in [5.41, 5.74) is 1.47. The van der Waals surface area contributed by atoms with Crippen LogP contribution < -0.4 is 4.90 Å². The second kappa shape index (κ2) is 14.7. The zero-order chi connectivity index (χ0) is 19.9. The lowest BCUT2D eigenvalue weighted by molar-refractivity contribution is 0.452. The summed E-state index contributed by atoms with van der Waals surface area (Å²) in [6, 6.07) is 0. The van der Waals surface area contributed by atoms with E-state index in [1.54, 1.807) is 0 Å². The molecular weight excluding hydrogens is 334 g/mol. The molecule has 0 aromatic carbocycles. The SMILES string of the molecule is CCCCCCCCCCCCCCCCc1nc(N(C)C)nc(C)c1O. The van der Waals surface area contributed by atoms with E-state index in [-0.39, 0.29) is 5.75 Å². The normalized spacial score (nSPS) is 11.1. The lowest BCUT2D eigenvalue weighted by atomic mass is 10.0. The Labute approximate surface area is 167 Å². The van der Waals surface area contributed by atoms with Crippen LogP contribution in [0.25, 0.3) is 0 Å². The maximum absolute atomic E-state index is 10.2. The van der Waals surface area contributed by atoms with E-state index < -0.39 is 0 Å². The average molecular weight is 378 g/mol. The molecule has 4 heteroatoms. The predicted molar refractivity (Wildman–Crippen MR) is 117 cm³/mol. The monoisotopic (exact) mass is 377 g/mol. The topological polar surface area (TPSA) is 49.2 Å². The summed E-state index contributed by atoms with van der Waals surface area (Å²) < 4.78 is 0. The standard InChI is InChI=1S/C23H43N3O/c1-5-6-7-8-9-10-11-12-13-14-15-16-17-18-19-21-22(27)20(2)24-23(25-21)26(3)4/h27H,5-19H2,1-4H3. The first-order chi connectivity index (χ1) is 13.1. The maximum atomic E-state index is 10.2. The van der Waals surface area contributed by atoms with Gasteiger partial charge in [0.2, 0.25) is 5.95 Å². The highest BCUT2D eigenvalue weighted by atomic mass is 16.3. The number of anilines is 1. The molecular formula is C23H43N3O. The highest BCUT2D eigenvalue weighted by molar-refractivity contribution is 5.38. The molecule has 1 heterocycles. The molecule has 0 fully saturated rings. The van der Waals surface area contributed by atoms with E-state index in [2.05, 4.69) is 16.9 Å². The molecule has 0 aliphatic heterocycles. The summed E-state index contributed by atoms with van der Waals surface area (Å²) >= 11 is 0. The number of hydrogen-bond donors (Lipinski definition) is 1. The van der Waals surface area contributed by atoms with Crippen LogP contribution in [0.1, 0.15) is 108 Å².